The summed E-state index contributed by atoms with van der Waals surface area (Å²) in [5.41, 5.74) is -9.53. The summed E-state index contributed by atoms with van der Waals surface area (Å²) in [4.78, 5) is 13.3. The minimum Gasteiger partial charge on any atom is -0.307 e. The van der Waals surface area contributed by atoms with Gasteiger partial charge in [-0.15, -0.1) is 0 Å². The highest BCUT2D eigenvalue weighted by Gasteiger charge is 2.23. The molecule has 0 N–H and O–H groups in total. The zero-order valence-electron chi connectivity index (χ0n) is 60.7. The molecule has 0 aliphatic carbocycles. The molecule has 0 unspecified atom stereocenters. The molecule has 5 heteroatoms. The van der Waals surface area contributed by atoms with Crippen molar-refractivity contribution in [3.8, 4) is 56.7 Å². The van der Waals surface area contributed by atoms with Crippen LogP contribution in [-0.4, -0.2) is 24.1 Å². The first kappa shape index (κ1) is 13.0. The fourth-order valence-electron chi connectivity index (χ4n) is 6.19. The number of hydrogen-bond donors (Lipinski definition) is 0. The minimum absolute atomic E-state index is 0.665. The van der Waals surface area contributed by atoms with E-state index in [2.05, 4.69) is 15.0 Å². The van der Waals surface area contributed by atoms with Crippen LogP contribution in [0.1, 0.15) is 45.2 Å². The molecule has 5 nitrogen and oxygen atoms in total. The van der Waals surface area contributed by atoms with Gasteiger partial charge in [-0.05, 0) is 52.5 Å². The Morgan fingerprint density at radius 2 is 0.750 bits per heavy atom. The Kier molecular flexibility index (Phi) is 3.03. The van der Waals surface area contributed by atoms with E-state index < -0.39 is 300 Å². The molecule has 8 aromatic carbocycles. The lowest BCUT2D eigenvalue weighted by Gasteiger charge is -2.14. The summed E-state index contributed by atoms with van der Waals surface area (Å²) in [6.45, 7) is 0. The van der Waals surface area contributed by atoms with E-state index in [0.29, 0.717) is 9.13 Å². The fraction of sp³-hybridized carbons (Fsp3) is 0. The smallest absolute Gasteiger partial charge is 0.238 e. The molecule has 3 aromatic heterocycles. The third-order valence-corrected chi connectivity index (χ3v) is 8.47. The van der Waals surface area contributed by atoms with Crippen molar-refractivity contribution < 1.29 is 45.2 Å². The lowest BCUT2D eigenvalue weighted by atomic mass is 9.99. The first-order valence-electron chi connectivity index (χ1n) is 32.7. The van der Waals surface area contributed by atoms with Crippen molar-refractivity contribution in [3.63, 3.8) is 0 Å². The molecule has 11 rings (SSSR count). The number of benzene rings is 8. The molecule has 11 aromatic rings. The molecule has 0 aliphatic rings. The minimum atomic E-state index is -1.22. The Bertz CT molecular complexity index is 5010. The van der Waals surface area contributed by atoms with Crippen molar-refractivity contribution in [3.05, 3.63) is 199 Å². The van der Waals surface area contributed by atoms with Crippen LogP contribution in [-0.2, 0) is 0 Å². The normalized spacial score (nSPS) is 19.8. The Balaban J connectivity index is 1.45. The molecule has 0 saturated heterocycles. The zero-order valence-corrected chi connectivity index (χ0v) is 27.7. The molecule has 0 atom stereocenters. The highest BCUT2D eigenvalue weighted by molar-refractivity contribution is 6.23. The van der Waals surface area contributed by atoms with Crippen LogP contribution in [0.15, 0.2) is 199 Å². The summed E-state index contributed by atoms with van der Waals surface area (Å²) in [7, 11) is 0. The second-order valence-corrected chi connectivity index (χ2v) is 11.6. The number of aromatic nitrogens is 5. The van der Waals surface area contributed by atoms with E-state index >= 15 is 0 Å². The van der Waals surface area contributed by atoms with Gasteiger partial charge in [0.2, 0.25) is 5.95 Å². The molecule has 0 fully saturated rings. The number of para-hydroxylation sites is 2. The van der Waals surface area contributed by atoms with Gasteiger partial charge in [0.05, 0.1) is 67.3 Å². The molecule has 0 saturated carbocycles. The number of fused-ring (bicyclic) bond motifs is 7. The van der Waals surface area contributed by atoms with E-state index in [0.717, 1.165) is 0 Å². The molecule has 3 heterocycles. The summed E-state index contributed by atoms with van der Waals surface area (Å²) in [6, 6.07) is -33.6. The topological polar surface area (TPSA) is 48.5 Å². The van der Waals surface area contributed by atoms with Gasteiger partial charge in [-0.25, -0.2) is 4.98 Å². The van der Waals surface area contributed by atoms with Gasteiger partial charge in [0.25, 0.3) is 0 Å². The Labute approximate surface area is 369 Å². The summed E-state index contributed by atoms with van der Waals surface area (Å²) in [6.07, 6.45) is 0. The van der Waals surface area contributed by atoms with E-state index in [-0.39, 0.29) is 0 Å². The average molecular weight is 749 g/mol. The second-order valence-electron chi connectivity index (χ2n) is 11.6. The predicted octanol–water partition coefficient (Wildman–Crippen LogP) is 12.7. The van der Waals surface area contributed by atoms with Gasteiger partial charge in [0.15, 0.2) is 11.6 Å². The van der Waals surface area contributed by atoms with Gasteiger partial charge in [-0.3, -0.25) is 4.57 Å². The SMILES string of the molecule is [2H]c1c([2H])c([2H])c(-c2nc(-c3c([2H])c([2H])c([2H])c([2H])c3[2H])nc(-n3c4c([2H])c([2H])c([2H])c([2H])c4c4c([2H])c([2H])c5c6c([2H])c([2H])c([2H])c([2H])c6n(-c6c([2H])c([2H])c([2H])c(-c7c([2H])c([2H])c([2H])c(-c8c([2H])c([2H])c([2H])c([2H])c8[2H])c7[2H])c6[2H])c5c43)n2)c([2H])c1[2H]. The van der Waals surface area contributed by atoms with Gasteiger partial charge in [0.1, 0.15) is 0 Å². The molecule has 0 aliphatic heterocycles. The summed E-state index contributed by atoms with van der Waals surface area (Å²) in [5.74, 6) is -2.89. The molecular formula is C51H33N5. The molecule has 0 amide bonds. The maximum atomic E-state index is 10.1. The van der Waals surface area contributed by atoms with E-state index in [4.69, 9.17) is 28.8 Å². The number of hydrogen-bond acceptors (Lipinski definition) is 3. The predicted molar refractivity (Wildman–Crippen MR) is 230 cm³/mol. The third kappa shape index (κ3) is 5.21. The van der Waals surface area contributed by atoms with Crippen LogP contribution in [0.25, 0.3) is 100 Å². The van der Waals surface area contributed by atoms with Gasteiger partial charge >= 0.3 is 0 Å². The monoisotopic (exact) mass is 748 g/mol. The lowest BCUT2D eigenvalue weighted by Crippen LogP contribution is -2.07. The third-order valence-electron chi connectivity index (χ3n) is 8.47. The van der Waals surface area contributed by atoms with Crippen molar-refractivity contribution in [1.29, 1.82) is 0 Å². The van der Waals surface area contributed by atoms with E-state index in [1.54, 1.807) is 0 Å². The maximum Gasteiger partial charge on any atom is 0.238 e. The van der Waals surface area contributed by atoms with Crippen LogP contribution in [0, 0.1) is 0 Å². The zero-order chi connectivity index (χ0) is 65.7. The molecular weight excluding hydrogens is 683 g/mol. The van der Waals surface area contributed by atoms with Crippen molar-refractivity contribution in [2.24, 2.45) is 0 Å². The fourth-order valence-corrected chi connectivity index (χ4v) is 6.19. The molecule has 262 valence electrons. The average Bonchev–Trinajstić information content (AvgIpc) is 1.53. The summed E-state index contributed by atoms with van der Waals surface area (Å²) >= 11 is 0. The van der Waals surface area contributed by atoms with Gasteiger partial charge in [-0.1, -0.05) is 169 Å². The van der Waals surface area contributed by atoms with Crippen LogP contribution in [0.4, 0.5) is 0 Å². The van der Waals surface area contributed by atoms with Crippen molar-refractivity contribution in [2.75, 3.05) is 0 Å². The van der Waals surface area contributed by atoms with Crippen molar-refractivity contribution in [1.82, 2.24) is 24.1 Å². The first-order valence-corrected chi connectivity index (χ1v) is 16.2. The second kappa shape index (κ2) is 13.0. The first-order chi connectivity index (χ1) is 41.5. The molecule has 0 radical (unpaired) electrons. The molecule has 0 spiro atoms. The Morgan fingerprint density at radius 1 is 0.321 bits per heavy atom. The molecule has 0 bridgehead atoms. The quantitative estimate of drug-likeness (QED) is 0.170. The van der Waals surface area contributed by atoms with Crippen molar-refractivity contribution in [2.45, 2.75) is 0 Å². The summed E-state index contributed by atoms with van der Waals surface area (Å²) < 4.78 is 299. The Morgan fingerprint density at radius 3 is 1.34 bits per heavy atom. The molecule has 56 heavy (non-hydrogen) atoms. The van der Waals surface area contributed by atoms with Crippen LogP contribution < -0.4 is 0 Å². The van der Waals surface area contributed by atoms with E-state index in [1.165, 1.54) is 0 Å². The van der Waals surface area contributed by atoms with Gasteiger partial charge in [0, 0.05) is 38.4 Å². The van der Waals surface area contributed by atoms with Crippen LogP contribution in [0.2, 0.25) is 0 Å². The van der Waals surface area contributed by atoms with Gasteiger partial charge in [-0.2, -0.15) is 9.97 Å². The van der Waals surface area contributed by atoms with E-state index in [9.17, 15) is 16.4 Å². The summed E-state index contributed by atoms with van der Waals surface area (Å²) in [5, 5.41) is -2.78. The van der Waals surface area contributed by atoms with Crippen LogP contribution >= 0.6 is 0 Å². The van der Waals surface area contributed by atoms with Crippen LogP contribution in [0.5, 0.6) is 0 Å². The standard InChI is InChI=1S/C51H33N5/c1-4-16-34(17-5-1)37-22-14-23-38(32-37)39-24-15-25-40(33-39)55-45-28-12-10-26-41(45)43-30-31-44-42-27-11-13-29-46(42)56(48(44)47(43)55)51-53-49(35-18-6-2-7-19-35)52-50(54-51)36-20-8-3-9-21-36/h1-33H/i1D,2D,3D,4D,5D,6D,7D,8D,9D,10D,11D,12D,13D,14D,15D,16D,17D,18D,19D,20D,21D,22D,23D,24D,25D,26D,27D,28D,29D,30D,31D,32D,33D. The largest absolute Gasteiger partial charge is 0.307 e. The Hall–Kier alpha value is -7.63. The van der Waals surface area contributed by atoms with Crippen molar-refractivity contribution >= 4 is 43.6 Å². The highest BCUT2D eigenvalue weighted by Crippen LogP contribution is 2.42. The van der Waals surface area contributed by atoms with E-state index in [1.807, 2.05) is 0 Å². The number of rotatable bonds is 6. The number of nitrogens with zero attached hydrogens (tertiary/aromatic N) is 5. The lowest BCUT2D eigenvalue weighted by molar-refractivity contribution is 0.953. The van der Waals surface area contributed by atoms with Crippen LogP contribution in [0.3, 0.4) is 0 Å². The van der Waals surface area contributed by atoms with Gasteiger partial charge < -0.3 is 4.57 Å². The highest BCUT2D eigenvalue weighted by atomic mass is 15.2. The maximum absolute atomic E-state index is 10.1.